The Hall–Kier alpha value is -3.38. The lowest BCUT2D eigenvalue weighted by Crippen LogP contribution is -2.36. The molecule has 0 atom stereocenters. The van der Waals surface area contributed by atoms with Gasteiger partial charge in [-0.3, -0.25) is 4.98 Å². The van der Waals surface area contributed by atoms with E-state index in [0.717, 1.165) is 37.0 Å². The molecule has 0 spiro atoms. The maximum absolute atomic E-state index is 13.4. The fourth-order valence-corrected chi connectivity index (χ4v) is 4.20. The van der Waals surface area contributed by atoms with Crippen molar-refractivity contribution < 1.29 is 17.9 Å². The summed E-state index contributed by atoms with van der Waals surface area (Å²) >= 11 is 0. The molecule has 2 N–H and O–H groups in total. The van der Waals surface area contributed by atoms with E-state index in [1.54, 1.807) is 43.8 Å². The van der Waals surface area contributed by atoms with Crippen molar-refractivity contribution in [2.45, 2.75) is 31.6 Å². The molecule has 0 saturated carbocycles. The molecule has 1 aliphatic heterocycles. The van der Waals surface area contributed by atoms with Crippen LogP contribution in [0.1, 0.15) is 18.5 Å². The van der Waals surface area contributed by atoms with Crippen LogP contribution in [-0.2, 0) is 6.54 Å². The normalized spacial score (nSPS) is 15.1. The summed E-state index contributed by atoms with van der Waals surface area (Å²) in [5.41, 5.74) is 2.40. The van der Waals surface area contributed by atoms with Crippen molar-refractivity contribution in [2.75, 3.05) is 44.4 Å². The number of benzene rings is 1. The highest BCUT2D eigenvalue weighted by molar-refractivity contribution is 5.94. The maximum atomic E-state index is 13.4. The Balaban J connectivity index is 1.60. The van der Waals surface area contributed by atoms with Crippen LogP contribution >= 0.6 is 0 Å². The molecule has 0 unspecified atom stereocenters. The van der Waals surface area contributed by atoms with Gasteiger partial charge in [-0.15, -0.1) is 0 Å². The summed E-state index contributed by atoms with van der Waals surface area (Å²) in [6.45, 7) is 1.14. The van der Waals surface area contributed by atoms with Crippen LogP contribution in [0.3, 0.4) is 0 Å². The lowest BCUT2D eigenvalue weighted by Gasteiger charge is -2.30. The smallest absolute Gasteiger partial charge is 0.406 e. The van der Waals surface area contributed by atoms with Gasteiger partial charge in [-0.25, -0.2) is 0 Å². The minimum absolute atomic E-state index is 0.245. The molecule has 1 aliphatic rings. The van der Waals surface area contributed by atoms with E-state index in [1.165, 1.54) is 4.57 Å². The van der Waals surface area contributed by atoms with Crippen LogP contribution in [0.4, 0.5) is 24.5 Å². The number of halogens is 3. The monoisotopic (exact) mass is 471 g/mol. The Morgan fingerprint density at radius 3 is 2.71 bits per heavy atom. The second kappa shape index (κ2) is 10.3. The van der Waals surface area contributed by atoms with Crippen molar-refractivity contribution >= 4 is 22.3 Å². The quantitative estimate of drug-likeness (QED) is 0.516. The highest BCUT2D eigenvalue weighted by atomic mass is 19.4. The largest absolute Gasteiger partial charge is 0.493 e. The Labute approximate surface area is 197 Å². The molecule has 4 rings (SSSR count). The molecule has 0 aliphatic carbocycles. The minimum Gasteiger partial charge on any atom is -0.493 e. The first-order valence-electron chi connectivity index (χ1n) is 11.2. The van der Waals surface area contributed by atoms with Crippen LogP contribution in [0.5, 0.6) is 5.75 Å². The van der Waals surface area contributed by atoms with Gasteiger partial charge in [0.05, 0.1) is 36.7 Å². The molecule has 180 valence electrons. The van der Waals surface area contributed by atoms with Gasteiger partial charge in [0.25, 0.3) is 0 Å². The number of likely N-dealkylation sites (tertiary alicyclic amines) is 1. The summed E-state index contributed by atoms with van der Waals surface area (Å²) in [6.07, 6.45) is 0.830. The van der Waals surface area contributed by atoms with E-state index in [0.29, 0.717) is 28.7 Å². The fourth-order valence-electron chi connectivity index (χ4n) is 4.20. The van der Waals surface area contributed by atoms with Crippen LogP contribution in [-0.4, -0.2) is 60.5 Å². The molecule has 3 aromatic rings. The predicted octanol–water partition coefficient (Wildman–Crippen LogP) is 4.58. The minimum atomic E-state index is -4.36. The van der Waals surface area contributed by atoms with Gasteiger partial charge in [0.2, 0.25) is 0 Å². The van der Waals surface area contributed by atoms with Gasteiger partial charge in [-0.1, -0.05) is 12.0 Å². The van der Waals surface area contributed by atoms with E-state index >= 15 is 0 Å². The third-order valence-electron chi connectivity index (χ3n) is 5.95. The van der Waals surface area contributed by atoms with Gasteiger partial charge in [-0.05, 0) is 63.2 Å². The van der Waals surface area contributed by atoms with Crippen molar-refractivity contribution in [1.82, 2.24) is 14.5 Å². The third kappa shape index (κ3) is 5.75. The van der Waals surface area contributed by atoms with Gasteiger partial charge in [0, 0.05) is 23.3 Å². The fraction of sp³-hybridized carbons (Fsp3) is 0.400. The van der Waals surface area contributed by atoms with E-state index in [1.807, 2.05) is 6.07 Å². The van der Waals surface area contributed by atoms with Crippen molar-refractivity contribution in [1.29, 1.82) is 0 Å². The zero-order valence-electron chi connectivity index (χ0n) is 19.2. The number of rotatable bonds is 6. The van der Waals surface area contributed by atoms with E-state index < -0.39 is 12.7 Å². The molecule has 6 nitrogen and oxygen atoms in total. The number of hydrogen-bond acceptors (Lipinski definition) is 5. The Bertz CT molecular complexity index is 1190. The number of anilines is 2. The van der Waals surface area contributed by atoms with Crippen molar-refractivity contribution in [3.63, 3.8) is 0 Å². The summed E-state index contributed by atoms with van der Waals surface area (Å²) in [4.78, 5) is 6.28. The molecule has 9 heteroatoms. The molecule has 1 saturated heterocycles. The van der Waals surface area contributed by atoms with E-state index in [4.69, 9.17) is 4.74 Å². The molecule has 0 radical (unpaired) electrons. The molecule has 1 aromatic carbocycles. The van der Waals surface area contributed by atoms with Crippen LogP contribution in [0, 0.1) is 11.8 Å². The topological polar surface area (TPSA) is 54.4 Å². The lowest BCUT2D eigenvalue weighted by atomic mass is 10.0. The second-order valence-electron chi connectivity index (χ2n) is 8.42. The van der Waals surface area contributed by atoms with Crippen LogP contribution in [0.25, 0.3) is 10.9 Å². The highest BCUT2D eigenvalue weighted by Crippen LogP contribution is 2.31. The van der Waals surface area contributed by atoms with E-state index in [-0.39, 0.29) is 6.54 Å². The van der Waals surface area contributed by atoms with E-state index in [9.17, 15) is 13.2 Å². The van der Waals surface area contributed by atoms with Gasteiger partial charge in [0.15, 0.2) is 5.75 Å². The Kier molecular flexibility index (Phi) is 7.17. The van der Waals surface area contributed by atoms with Crippen LogP contribution < -0.4 is 15.4 Å². The number of pyridine rings is 1. The van der Waals surface area contributed by atoms with Crippen LogP contribution in [0.15, 0.2) is 42.7 Å². The number of aromatic nitrogens is 2. The highest BCUT2D eigenvalue weighted by Gasteiger charge is 2.30. The number of fused-ring (bicyclic) bond motifs is 1. The van der Waals surface area contributed by atoms with Crippen LogP contribution in [0.2, 0.25) is 0 Å². The zero-order chi connectivity index (χ0) is 24.1. The van der Waals surface area contributed by atoms with Crippen molar-refractivity contribution in [2.24, 2.45) is 0 Å². The van der Waals surface area contributed by atoms with Crippen molar-refractivity contribution in [3.05, 3.63) is 48.4 Å². The maximum Gasteiger partial charge on any atom is 0.406 e. The average Bonchev–Trinajstić information content (AvgIpc) is 3.15. The standard InChI is InChI=1S/C25H28F3N5O/c1-32-13-9-18(10-14-32)31-21-6-3-7-23-20(21)15-19(33(23)17-25(26,27)28)5-4-11-30-22-8-12-29-16-24(22)34-2/h3,6-8,12,15-16,18,31H,9-11,13-14,17H2,1-2H3,(H,29,30). The number of piperidine rings is 1. The summed E-state index contributed by atoms with van der Waals surface area (Å²) in [6, 6.07) is 9.22. The molecule has 0 bridgehead atoms. The lowest BCUT2D eigenvalue weighted by molar-refractivity contribution is -0.140. The third-order valence-corrected chi connectivity index (χ3v) is 5.95. The second-order valence-corrected chi connectivity index (χ2v) is 8.42. The van der Waals surface area contributed by atoms with Gasteiger partial charge < -0.3 is 24.8 Å². The summed E-state index contributed by atoms with van der Waals surface area (Å²) in [5, 5.41) is 7.42. The number of hydrogen-bond donors (Lipinski definition) is 2. The molecule has 0 amide bonds. The molecule has 2 aromatic heterocycles. The SMILES string of the molecule is COc1cnccc1NCC#Cc1cc2c(NC3CCN(C)CC3)cccc2n1CC(F)(F)F. The predicted molar refractivity (Wildman–Crippen MR) is 128 cm³/mol. The first-order chi connectivity index (χ1) is 16.3. The molecule has 34 heavy (non-hydrogen) atoms. The number of ether oxygens (including phenoxy) is 1. The number of nitrogens with zero attached hydrogens (tertiary/aromatic N) is 3. The van der Waals surface area contributed by atoms with Gasteiger partial charge >= 0.3 is 6.18 Å². The van der Waals surface area contributed by atoms with E-state index in [2.05, 4.69) is 39.4 Å². The summed E-state index contributed by atoms with van der Waals surface area (Å²) < 4.78 is 46.7. The first kappa shape index (κ1) is 23.8. The summed E-state index contributed by atoms with van der Waals surface area (Å²) in [7, 11) is 3.64. The Morgan fingerprint density at radius 2 is 1.97 bits per heavy atom. The average molecular weight is 472 g/mol. The molecule has 1 fully saturated rings. The Morgan fingerprint density at radius 1 is 1.18 bits per heavy atom. The summed E-state index contributed by atoms with van der Waals surface area (Å²) in [5.74, 6) is 6.44. The zero-order valence-corrected chi connectivity index (χ0v) is 19.2. The molecule has 3 heterocycles. The molecular weight excluding hydrogens is 443 g/mol. The van der Waals surface area contributed by atoms with Gasteiger partial charge in [0.1, 0.15) is 6.54 Å². The number of methoxy groups -OCH3 is 1. The number of nitrogens with one attached hydrogen (secondary N) is 2. The molecular formula is C25H28F3N5O. The van der Waals surface area contributed by atoms with Crippen molar-refractivity contribution in [3.8, 4) is 17.6 Å². The first-order valence-corrected chi connectivity index (χ1v) is 11.2. The van der Waals surface area contributed by atoms with Gasteiger partial charge in [-0.2, -0.15) is 13.2 Å². The number of alkyl halides is 3.